The van der Waals surface area contributed by atoms with Gasteiger partial charge in [-0.15, -0.1) is 0 Å². The highest BCUT2D eigenvalue weighted by atomic mass is 19.3. The minimum absolute atomic E-state index is 0.174. The second-order valence-electron chi connectivity index (χ2n) is 3.67. The summed E-state index contributed by atoms with van der Waals surface area (Å²) in [5.41, 5.74) is 0.174. The summed E-state index contributed by atoms with van der Waals surface area (Å²) in [5.74, 6) is 0. The van der Waals surface area contributed by atoms with Gasteiger partial charge in [0.05, 0.1) is 6.61 Å². The first-order valence-corrected chi connectivity index (χ1v) is 4.56. The van der Waals surface area contributed by atoms with Gasteiger partial charge in [0, 0.05) is 0 Å². The van der Waals surface area contributed by atoms with Gasteiger partial charge in [0.15, 0.2) is 0 Å². The summed E-state index contributed by atoms with van der Waals surface area (Å²) in [6.45, 7) is 2.44. The summed E-state index contributed by atoms with van der Waals surface area (Å²) >= 11 is 0. The lowest BCUT2D eigenvalue weighted by Crippen LogP contribution is -2.27. The van der Waals surface area contributed by atoms with E-state index in [-0.39, 0.29) is 5.41 Å². The van der Waals surface area contributed by atoms with Crippen LogP contribution in [0.5, 0.6) is 0 Å². The molecule has 1 nitrogen and oxygen atoms in total. The van der Waals surface area contributed by atoms with Gasteiger partial charge in [-0.2, -0.15) is 4.94 Å². The minimum Gasteiger partial charge on any atom is -0.194 e. The molecule has 0 aromatic rings. The van der Waals surface area contributed by atoms with Gasteiger partial charge >= 0.3 is 0 Å². The van der Waals surface area contributed by atoms with Gasteiger partial charge in [-0.3, -0.25) is 0 Å². The molecule has 0 saturated heterocycles. The van der Waals surface area contributed by atoms with Crippen molar-refractivity contribution in [2.24, 2.45) is 5.41 Å². The zero-order chi connectivity index (χ0) is 8.16. The second kappa shape index (κ2) is 4.05. The lowest BCUT2D eigenvalue weighted by Gasteiger charge is -2.34. The molecule has 1 fully saturated rings. The zero-order valence-corrected chi connectivity index (χ0v) is 7.24. The Morgan fingerprint density at radius 3 is 2.36 bits per heavy atom. The fourth-order valence-electron chi connectivity index (χ4n) is 2.02. The molecule has 0 radical (unpaired) electrons. The fourth-order valence-corrected chi connectivity index (χ4v) is 2.02. The molecule has 0 spiro atoms. The molecule has 0 bridgehead atoms. The van der Waals surface area contributed by atoms with Crippen molar-refractivity contribution in [3.63, 3.8) is 0 Å². The highest BCUT2D eigenvalue weighted by molar-refractivity contribution is 4.80. The lowest BCUT2D eigenvalue weighted by molar-refractivity contribution is -0.169. The van der Waals surface area contributed by atoms with Crippen LogP contribution in [-0.2, 0) is 4.94 Å². The monoisotopic (exact) mass is 160 g/mol. The van der Waals surface area contributed by atoms with Gasteiger partial charge in [-0.25, -0.2) is 0 Å². The van der Waals surface area contributed by atoms with Crippen molar-refractivity contribution < 1.29 is 9.47 Å². The predicted molar refractivity (Wildman–Crippen MR) is 42.9 cm³/mol. The summed E-state index contributed by atoms with van der Waals surface area (Å²) in [5, 5.41) is 0. The number of rotatable bonds is 3. The SMILES string of the molecule is CCC1(COF)CCCCC1. The van der Waals surface area contributed by atoms with E-state index < -0.39 is 0 Å². The summed E-state index contributed by atoms with van der Waals surface area (Å²) in [6, 6.07) is 0. The maximum Gasteiger partial charge on any atom is 0.0932 e. The Balaban J connectivity index is 2.42. The number of hydrogen-bond donors (Lipinski definition) is 0. The molecule has 1 aliphatic rings. The Kier molecular flexibility index (Phi) is 3.31. The summed E-state index contributed by atoms with van der Waals surface area (Å²) in [4.78, 5) is 3.78. The van der Waals surface area contributed by atoms with Crippen LogP contribution in [0.3, 0.4) is 0 Å². The molecule has 0 N–H and O–H groups in total. The molecule has 1 saturated carbocycles. The quantitative estimate of drug-likeness (QED) is 0.615. The minimum atomic E-state index is 0.174. The third-order valence-electron chi connectivity index (χ3n) is 3.02. The molecule has 0 aliphatic heterocycles. The Bertz CT molecular complexity index is 103. The lowest BCUT2D eigenvalue weighted by atomic mass is 9.73. The van der Waals surface area contributed by atoms with E-state index in [4.69, 9.17) is 0 Å². The van der Waals surface area contributed by atoms with Crippen molar-refractivity contribution in [2.75, 3.05) is 6.61 Å². The van der Waals surface area contributed by atoms with Crippen LogP contribution in [0.25, 0.3) is 0 Å². The van der Waals surface area contributed by atoms with E-state index in [2.05, 4.69) is 11.9 Å². The first-order valence-electron chi connectivity index (χ1n) is 4.56. The number of hydrogen-bond acceptors (Lipinski definition) is 1. The first-order chi connectivity index (χ1) is 5.33. The molecule has 0 aromatic heterocycles. The second-order valence-corrected chi connectivity index (χ2v) is 3.67. The highest BCUT2D eigenvalue weighted by Crippen LogP contribution is 2.39. The van der Waals surface area contributed by atoms with E-state index in [9.17, 15) is 4.53 Å². The summed E-state index contributed by atoms with van der Waals surface area (Å²) < 4.78 is 11.7. The van der Waals surface area contributed by atoms with Crippen LogP contribution in [-0.4, -0.2) is 6.61 Å². The summed E-state index contributed by atoms with van der Waals surface area (Å²) in [7, 11) is 0. The molecule has 2 heteroatoms. The van der Waals surface area contributed by atoms with E-state index >= 15 is 0 Å². The van der Waals surface area contributed by atoms with Gasteiger partial charge in [0.2, 0.25) is 0 Å². The third-order valence-corrected chi connectivity index (χ3v) is 3.02. The van der Waals surface area contributed by atoms with Crippen LogP contribution in [0.2, 0.25) is 0 Å². The Morgan fingerprint density at radius 1 is 1.27 bits per heavy atom. The maximum atomic E-state index is 11.7. The van der Waals surface area contributed by atoms with Crippen LogP contribution < -0.4 is 0 Å². The largest absolute Gasteiger partial charge is 0.194 e. The van der Waals surface area contributed by atoms with E-state index in [1.165, 1.54) is 19.3 Å². The van der Waals surface area contributed by atoms with Crippen molar-refractivity contribution in [3.8, 4) is 0 Å². The molecule has 0 amide bonds. The van der Waals surface area contributed by atoms with Crippen molar-refractivity contribution in [2.45, 2.75) is 45.4 Å². The molecular weight excluding hydrogens is 143 g/mol. The molecule has 0 aromatic carbocycles. The van der Waals surface area contributed by atoms with Crippen molar-refractivity contribution in [1.82, 2.24) is 0 Å². The molecule has 66 valence electrons. The fraction of sp³-hybridized carbons (Fsp3) is 1.00. The first kappa shape index (κ1) is 8.98. The molecule has 11 heavy (non-hydrogen) atoms. The molecule has 0 atom stereocenters. The Labute approximate surface area is 67.8 Å². The summed E-state index contributed by atoms with van der Waals surface area (Å²) in [6.07, 6.45) is 7.15. The molecule has 1 aliphatic carbocycles. The van der Waals surface area contributed by atoms with Crippen LogP contribution >= 0.6 is 0 Å². The van der Waals surface area contributed by atoms with E-state index in [1.807, 2.05) is 0 Å². The predicted octanol–water partition coefficient (Wildman–Crippen LogP) is 3.25. The van der Waals surface area contributed by atoms with Crippen LogP contribution in [0.15, 0.2) is 0 Å². The molecule has 0 heterocycles. The van der Waals surface area contributed by atoms with Gasteiger partial charge in [-0.05, 0) is 29.2 Å². The van der Waals surface area contributed by atoms with Gasteiger partial charge in [-0.1, -0.05) is 26.2 Å². The average molecular weight is 160 g/mol. The van der Waals surface area contributed by atoms with Gasteiger partial charge in [0.1, 0.15) is 0 Å². The zero-order valence-electron chi connectivity index (χ0n) is 7.24. The Morgan fingerprint density at radius 2 is 1.91 bits per heavy atom. The number of halogens is 1. The normalized spacial score (nSPS) is 23.5. The molecule has 0 unspecified atom stereocenters. The smallest absolute Gasteiger partial charge is 0.0932 e. The van der Waals surface area contributed by atoms with Crippen molar-refractivity contribution >= 4 is 0 Å². The maximum absolute atomic E-state index is 11.7. The van der Waals surface area contributed by atoms with Gasteiger partial charge in [0.25, 0.3) is 0 Å². The molecular formula is C9H17FO. The van der Waals surface area contributed by atoms with Gasteiger partial charge < -0.3 is 0 Å². The van der Waals surface area contributed by atoms with E-state index in [0.29, 0.717) is 6.61 Å². The van der Waals surface area contributed by atoms with Crippen LogP contribution in [0, 0.1) is 5.41 Å². The highest BCUT2D eigenvalue weighted by Gasteiger charge is 2.30. The third kappa shape index (κ3) is 2.16. The van der Waals surface area contributed by atoms with Crippen LogP contribution in [0.1, 0.15) is 45.4 Å². The van der Waals surface area contributed by atoms with E-state index in [0.717, 1.165) is 19.3 Å². The standard InChI is InChI=1S/C9H17FO/c1-2-9(8-11-10)6-4-3-5-7-9/h2-8H2,1H3. The molecule has 1 rings (SSSR count). The van der Waals surface area contributed by atoms with Crippen molar-refractivity contribution in [3.05, 3.63) is 0 Å². The van der Waals surface area contributed by atoms with E-state index in [1.54, 1.807) is 0 Å². The van der Waals surface area contributed by atoms with Crippen molar-refractivity contribution in [1.29, 1.82) is 0 Å². The average Bonchev–Trinajstić information content (AvgIpc) is 2.07. The topological polar surface area (TPSA) is 9.23 Å². The van der Waals surface area contributed by atoms with Crippen LogP contribution in [0.4, 0.5) is 4.53 Å². The Hall–Kier alpha value is -0.110.